The first-order chi connectivity index (χ1) is 9.11. The first kappa shape index (κ1) is 12.7. The zero-order valence-electron chi connectivity index (χ0n) is 9.95. The van der Waals surface area contributed by atoms with E-state index in [1.165, 1.54) is 13.1 Å². The van der Waals surface area contributed by atoms with Gasteiger partial charge in [-0.3, -0.25) is 15.5 Å². The Labute approximate surface area is 107 Å². The summed E-state index contributed by atoms with van der Waals surface area (Å²) in [5.41, 5.74) is 2.24. The van der Waals surface area contributed by atoms with E-state index in [0.29, 0.717) is 5.76 Å². The summed E-state index contributed by atoms with van der Waals surface area (Å²) in [5, 5.41) is 17.3. The molecule has 100 valence electrons. The van der Waals surface area contributed by atoms with Crippen molar-refractivity contribution in [2.75, 3.05) is 10.7 Å². The number of hydrogen-bond acceptors (Lipinski definition) is 9. The Kier molecular flexibility index (Phi) is 3.52. The zero-order valence-corrected chi connectivity index (χ0v) is 9.95. The molecular formula is C9H11N7O3. The third-order valence-corrected chi connectivity index (χ3v) is 2.29. The van der Waals surface area contributed by atoms with Gasteiger partial charge in [-0.2, -0.15) is 4.98 Å². The lowest BCUT2D eigenvalue weighted by Gasteiger charge is -2.07. The minimum Gasteiger partial charge on any atom is -0.360 e. The number of nitro groups is 1. The topological polar surface area (TPSA) is 145 Å². The average molecular weight is 265 g/mol. The Morgan fingerprint density at radius 3 is 2.89 bits per heavy atom. The van der Waals surface area contributed by atoms with Crippen molar-refractivity contribution in [1.82, 2.24) is 15.1 Å². The highest BCUT2D eigenvalue weighted by Crippen LogP contribution is 2.26. The molecular weight excluding hydrogens is 254 g/mol. The van der Waals surface area contributed by atoms with Gasteiger partial charge in [0.1, 0.15) is 5.69 Å². The maximum Gasteiger partial charge on any atom is 0.332 e. The molecule has 10 heteroatoms. The molecule has 0 spiro atoms. The molecule has 0 radical (unpaired) electrons. The molecule has 4 N–H and O–H groups in total. The lowest BCUT2D eigenvalue weighted by Crippen LogP contribution is -2.14. The van der Waals surface area contributed by atoms with E-state index in [2.05, 4.69) is 25.9 Å². The van der Waals surface area contributed by atoms with E-state index in [-0.39, 0.29) is 29.7 Å². The lowest BCUT2D eigenvalue weighted by molar-refractivity contribution is -0.385. The van der Waals surface area contributed by atoms with Crippen LogP contribution >= 0.6 is 0 Å². The molecule has 2 heterocycles. The number of anilines is 2. The van der Waals surface area contributed by atoms with Gasteiger partial charge in [-0.1, -0.05) is 5.16 Å². The van der Waals surface area contributed by atoms with E-state index in [9.17, 15) is 10.1 Å². The number of hydrazine groups is 1. The van der Waals surface area contributed by atoms with Gasteiger partial charge in [0.15, 0.2) is 5.76 Å². The highest BCUT2D eigenvalue weighted by atomic mass is 16.6. The number of hydrogen-bond donors (Lipinski definition) is 3. The van der Waals surface area contributed by atoms with E-state index in [1.807, 2.05) is 0 Å². The summed E-state index contributed by atoms with van der Waals surface area (Å²) in [7, 11) is 0. The monoisotopic (exact) mass is 265 g/mol. The number of nitrogens with two attached hydrogens (primary N) is 1. The third kappa shape index (κ3) is 2.74. The van der Waals surface area contributed by atoms with Gasteiger partial charge >= 0.3 is 5.69 Å². The Morgan fingerprint density at radius 1 is 1.53 bits per heavy atom. The molecule has 0 saturated heterocycles. The number of nitrogens with one attached hydrogen (secondary N) is 2. The Morgan fingerprint density at radius 2 is 2.32 bits per heavy atom. The molecule has 0 fully saturated rings. The summed E-state index contributed by atoms with van der Waals surface area (Å²) >= 11 is 0. The van der Waals surface area contributed by atoms with E-state index >= 15 is 0 Å². The molecule has 2 rings (SSSR count). The Bertz CT molecular complexity index is 584. The molecule has 0 aliphatic rings. The molecule has 2 aromatic rings. The molecule has 10 nitrogen and oxygen atoms in total. The number of aromatic nitrogens is 3. The first-order valence-electron chi connectivity index (χ1n) is 5.25. The fourth-order valence-corrected chi connectivity index (χ4v) is 1.48. The molecule has 0 aliphatic carbocycles. The van der Waals surface area contributed by atoms with Gasteiger partial charge in [-0.25, -0.2) is 10.8 Å². The number of nitrogen functional groups attached to an aromatic ring is 1. The van der Waals surface area contributed by atoms with Gasteiger partial charge < -0.3 is 9.84 Å². The summed E-state index contributed by atoms with van der Waals surface area (Å²) in [5.74, 6) is 5.87. The normalized spacial score (nSPS) is 10.2. The molecule has 0 bridgehead atoms. The van der Waals surface area contributed by atoms with Gasteiger partial charge in [0, 0.05) is 6.07 Å². The molecule has 19 heavy (non-hydrogen) atoms. The van der Waals surface area contributed by atoms with Crippen LogP contribution in [-0.2, 0) is 6.54 Å². The van der Waals surface area contributed by atoms with Crippen LogP contribution in [0.25, 0.3) is 0 Å². The van der Waals surface area contributed by atoms with Crippen molar-refractivity contribution in [1.29, 1.82) is 0 Å². The second-order valence-electron chi connectivity index (χ2n) is 3.56. The zero-order chi connectivity index (χ0) is 13.8. The van der Waals surface area contributed by atoms with E-state index in [0.717, 1.165) is 0 Å². The van der Waals surface area contributed by atoms with Crippen LogP contribution in [0.2, 0.25) is 0 Å². The fourth-order valence-electron chi connectivity index (χ4n) is 1.48. The van der Waals surface area contributed by atoms with Crippen LogP contribution in [0.5, 0.6) is 0 Å². The van der Waals surface area contributed by atoms with Crippen molar-refractivity contribution in [3.63, 3.8) is 0 Å². The quantitative estimate of drug-likeness (QED) is 0.401. The second kappa shape index (κ2) is 5.27. The maximum atomic E-state index is 11.0. The van der Waals surface area contributed by atoms with Gasteiger partial charge in [0.25, 0.3) is 0 Å². The summed E-state index contributed by atoms with van der Waals surface area (Å²) < 4.78 is 4.88. The SMILES string of the molecule is Cc1nc(NN)nc(NCc2ccno2)c1[N+](=O)[O-]. The summed E-state index contributed by atoms with van der Waals surface area (Å²) in [6.07, 6.45) is 1.48. The molecule has 2 aromatic heterocycles. The van der Waals surface area contributed by atoms with Crippen molar-refractivity contribution in [3.8, 4) is 0 Å². The summed E-state index contributed by atoms with van der Waals surface area (Å²) in [6, 6.07) is 1.63. The van der Waals surface area contributed by atoms with Crippen LogP contribution in [-0.4, -0.2) is 20.0 Å². The first-order valence-corrected chi connectivity index (χ1v) is 5.25. The standard InChI is InChI=1S/C9H11N7O3/c1-5-7(16(17)18)8(14-9(13-5)15-10)11-4-6-2-3-12-19-6/h2-3H,4,10H2,1H3,(H2,11,13,14,15). The van der Waals surface area contributed by atoms with Crippen molar-refractivity contribution >= 4 is 17.5 Å². The van der Waals surface area contributed by atoms with Gasteiger partial charge in [-0.05, 0) is 6.92 Å². The minimum atomic E-state index is -0.557. The Hall–Kier alpha value is -2.75. The number of aryl methyl sites for hydroxylation is 1. The highest BCUT2D eigenvalue weighted by Gasteiger charge is 2.21. The summed E-state index contributed by atoms with van der Waals surface area (Å²) in [6.45, 7) is 1.71. The van der Waals surface area contributed by atoms with Crippen LogP contribution in [0, 0.1) is 17.0 Å². The third-order valence-electron chi connectivity index (χ3n) is 2.29. The molecule has 0 aliphatic heterocycles. The van der Waals surface area contributed by atoms with Gasteiger partial charge in [0.05, 0.1) is 17.7 Å². The average Bonchev–Trinajstić information content (AvgIpc) is 2.88. The van der Waals surface area contributed by atoms with E-state index in [4.69, 9.17) is 10.4 Å². The van der Waals surface area contributed by atoms with Crippen molar-refractivity contribution in [2.45, 2.75) is 13.5 Å². The summed E-state index contributed by atoms with van der Waals surface area (Å²) in [4.78, 5) is 18.2. The largest absolute Gasteiger partial charge is 0.360 e. The number of nitrogens with zero attached hydrogens (tertiary/aromatic N) is 4. The number of rotatable bonds is 5. The van der Waals surface area contributed by atoms with Crippen LogP contribution in [0.3, 0.4) is 0 Å². The van der Waals surface area contributed by atoms with Gasteiger partial charge in [0.2, 0.25) is 11.8 Å². The Balaban J connectivity index is 2.30. The predicted molar refractivity (Wildman–Crippen MR) is 65.1 cm³/mol. The van der Waals surface area contributed by atoms with Crippen LogP contribution in [0.1, 0.15) is 11.5 Å². The highest BCUT2D eigenvalue weighted by molar-refractivity contribution is 5.60. The maximum absolute atomic E-state index is 11.0. The van der Waals surface area contributed by atoms with Gasteiger partial charge in [-0.15, -0.1) is 0 Å². The molecule has 0 amide bonds. The second-order valence-corrected chi connectivity index (χ2v) is 3.56. The molecule has 0 atom stereocenters. The van der Waals surface area contributed by atoms with Crippen molar-refractivity contribution in [2.24, 2.45) is 5.84 Å². The van der Waals surface area contributed by atoms with Crippen LogP contribution in [0.4, 0.5) is 17.5 Å². The minimum absolute atomic E-state index is 0.0573. The van der Waals surface area contributed by atoms with Crippen molar-refractivity contribution < 1.29 is 9.45 Å². The molecule has 0 aromatic carbocycles. The molecule has 0 unspecified atom stereocenters. The smallest absolute Gasteiger partial charge is 0.332 e. The lowest BCUT2D eigenvalue weighted by atomic mass is 10.3. The van der Waals surface area contributed by atoms with E-state index in [1.54, 1.807) is 6.07 Å². The fraction of sp³-hybridized carbons (Fsp3) is 0.222. The molecule has 0 saturated carbocycles. The van der Waals surface area contributed by atoms with Crippen LogP contribution in [0.15, 0.2) is 16.8 Å². The predicted octanol–water partition coefficient (Wildman–Crippen LogP) is 0.579. The van der Waals surface area contributed by atoms with Crippen molar-refractivity contribution in [3.05, 3.63) is 33.8 Å². The van der Waals surface area contributed by atoms with Crippen LogP contribution < -0.4 is 16.6 Å². The van der Waals surface area contributed by atoms with E-state index < -0.39 is 4.92 Å².